The lowest BCUT2D eigenvalue weighted by Crippen LogP contribution is -2.24. The summed E-state index contributed by atoms with van der Waals surface area (Å²) in [5, 5.41) is 2.52. The second kappa shape index (κ2) is 5.54. The normalized spacial score (nSPS) is 10.3. The molecule has 1 aromatic rings. The van der Waals surface area contributed by atoms with E-state index in [0.29, 0.717) is 5.92 Å². The number of carbonyl (C=O) groups is 1. The Morgan fingerprint density at radius 3 is 2.62 bits per heavy atom. The van der Waals surface area contributed by atoms with Crippen molar-refractivity contribution in [2.75, 3.05) is 13.7 Å². The van der Waals surface area contributed by atoms with Gasteiger partial charge in [0.1, 0.15) is 5.75 Å². The zero-order chi connectivity index (χ0) is 12.1. The van der Waals surface area contributed by atoms with Gasteiger partial charge in [0.15, 0.2) is 6.61 Å². The molecule has 0 aliphatic carbocycles. The fourth-order valence-corrected chi connectivity index (χ4v) is 1.61. The summed E-state index contributed by atoms with van der Waals surface area (Å²) in [5.74, 6) is 1.13. The summed E-state index contributed by atoms with van der Waals surface area (Å²) in [5.41, 5.74) is 2.51. The number of amides is 1. The number of benzene rings is 1. The highest BCUT2D eigenvalue weighted by Crippen LogP contribution is 2.23. The maximum Gasteiger partial charge on any atom is 0.257 e. The summed E-state index contributed by atoms with van der Waals surface area (Å²) in [6, 6.07) is 5.93. The zero-order valence-electron chi connectivity index (χ0n) is 10.3. The zero-order valence-corrected chi connectivity index (χ0v) is 10.3. The van der Waals surface area contributed by atoms with Crippen molar-refractivity contribution < 1.29 is 9.53 Å². The maximum absolute atomic E-state index is 11.0. The van der Waals surface area contributed by atoms with Crippen LogP contribution in [0.3, 0.4) is 0 Å². The van der Waals surface area contributed by atoms with Gasteiger partial charge in [-0.2, -0.15) is 0 Å². The van der Waals surface area contributed by atoms with Crippen LogP contribution in [0.15, 0.2) is 18.2 Å². The topological polar surface area (TPSA) is 38.3 Å². The molecule has 0 atom stereocenters. The summed E-state index contributed by atoms with van der Waals surface area (Å²) in [6.45, 7) is 6.44. The van der Waals surface area contributed by atoms with Crippen LogP contribution in [0, 0.1) is 6.92 Å². The summed E-state index contributed by atoms with van der Waals surface area (Å²) < 4.78 is 5.36. The molecular formula is C13H19NO2. The number of aryl methyl sites for hydroxylation is 1. The highest BCUT2D eigenvalue weighted by molar-refractivity contribution is 5.77. The van der Waals surface area contributed by atoms with Crippen LogP contribution in [0.25, 0.3) is 0 Å². The first-order valence-electron chi connectivity index (χ1n) is 5.48. The molecule has 1 rings (SSSR count). The highest BCUT2D eigenvalue weighted by Gasteiger charge is 2.05. The number of likely N-dealkylation sites (N-methyl/N-ethyl adjacent to an activating group) is 1. The Morgan fingerprint density at radius 2 is 2.12 bits per heavy atom. The molecule has 3 nitrogen and oxygen atoms in total. The lowest BCUT2D eigenvalue weighted by atomic mass is 9.98. The van der Waals surface area contributed by atoms with Crippen molar-refractivity contribution in [1.29, 1.82) is 0 Å². The Labute approximate surface area is 96.8 Å². The molecule has 16 heavy (non-hydrogen) atoms. The minimum Gasteiger partial charge on any atom is -0.484 e. The Morgan fingerprint density at radius 1 is 1.44 bits per heavy atom. The number of hydrogen-bond donors (Lipinski definition) is 1. The van der Waals surface area contributed by atoms with Gasteiger partial charge in [-0.3, -0.25) is 4.79 Å². The molecule has 0 aliphatic rings. The SMILES string of the molecule is CNC(=O)COc1ccc(C(C)C)c(C)c1. The summed E-state index contributed by atoms with van der Waals surface area (Å²) in [6.07, 6.45) is 0. The van der Waals surface area contributed by atoms with Crippen molar-refractivity contribution in [3.05, 3.63) is 29.3 Å². The maximum atomic E-state index is 11.0. The first kappa shape index (κ1) is 12.6. The molecule has 0 aliphatic heterocycles. The second-order valence-corrected chi connectivity index (χ2v) is 4.13. The van der Waals surface area contributed by atoms with Gasteiger partial charge >= 0.3 is 0 Å². The van der Waals surface area contributed by atoms with Crippen molar-refractivity contribution in [1.82, 2.24) is 5.32 Å². The Balaban J connectivity index is 2.70. The molecule has 0 heterocycles. The number of hydrogen-bond acceptors (Lipinski definition) is 2. The molecule has 0 saturated carbocycles. The van der Waals surface area contributed by atoms with E-state index in [9.17, 15) is 4.79 Å². The quantitative estimate of drug-likeness (QED) is 0.846. The molecule has 0 aromatic heterocycles. The largest absolute Gasteiger partial charge is 0.484 e. The van der Waals surface area contributed by atoms with E-state index >= 15 is 0 Å². The monoisotopic (exact) mass is 221 g/mol. The standard InChI is InChI=1S/C13H19NO2/c1-9(2)12-6-5-11(7-10(12)3)16-8-13(15)14-4/h5-7,9H,8H2,1-4H3,(H,14,15). The van der Waals surface area contributed by atoms with Crippen molar-refractivity contribution in [2.45, 2.75) is 26.7 Å². The van der Waals surface area contributed by atoms with Gasteiger partial charge in [0.2, 0.25) is 0 Å². The third-order valence-corrected chi connectivity index (χ3v) is 2.51. The van der Waals surface area contributed by atoms with E-state index < -0.39 is 0 Å². The van der Waals surface area contributed by atoms with E-state index in [1.165, 1.54) is 11.1 Å². The van der Waals surface area contributed by atoms with Gasteiger partial charge in [-0.15, -0.1) is 0 Å². The van der Waals surface area contributed by atoms with Crippen LogP contribution < -0.4 is 10.1 Å². The third kappa shape index (κ3) is 3.26. The molecule has 88 valence electrons. The van der Waals surface area contributed by atoms with Gasteiger partial charge in [0.25, 0.3) is 5.91 Å². The van der Waals surface area contributed by atoms with E-state index in [1.807, 2.05) is 12.1 Å². The fourth-order valence-electron chi connectivity index (χ4n) is 1.61. The molecule has 0 unspecified atom stereocenters. The van der Waals surface area contributed by atoms with E-state index in [2.05, 4.69) is 32.2 Å². The lowest BCUT2D eigenvalue weighted by Gasteiger charge is -2.12. The molecule has 1 aromatic carbocycles. The van der Waals surface area contributed by atoms with Crippen LogP contribution in [0.5, 0.6) is 5.75 Å². The number of carbonyl (C=O) groups excluding carboxylic acids is 1. The number of ether oxygens (including phenoxy) is 1. The predicted octanol–water partition coefficient (Wildman–Crippen LogP) is 2.24. The van der Waals surface area contributed by atoms with Crippen LogP contribution in [0.4, 0.5) is 0 Å². The minimum absolute atomic E-state index is 0.0664. The van der Waals surface area contributed by atoms with Crippen LogP contribution in [-0.2, 0) is 4.79 Å². The minimum atomic E-state index is -0.120. The summed E-state index contributed by atoms with van der Waals surface area (Å²) >= 11 is 0. The van der Waals surface area contributed by atoms with E-state index in [-0.39, 0.29) is 12.5 Å². The third-order valence-electron chi connectivity index (χ3n) is 2.51. The van der Waals surface area contributed by atoms with Gasteiger partial charge < -0.3 is 10.1 Å². The molecule has 0 fully saturated rings. The highest BCUT2D eigenvalue weighted by atomic mass is 16.5. The van der Waals surface area contributed by atoms with E-state index in [4.69, 9.17) is 4.74 Å². The average molecular weight is 221 g/mol. The average Bonchev–Trinajstić information content (AvgIpc) is 2.25. The number of rotatable bonds is 4. The Hall–Kier alpha value is -1.51. The Bertz CT molecular complexity index is 372. The molecule has 3 heteroatoms. The molecule has 0 bridgehead atoms. The first-order chi connectivity index (χ1) is 7.54. The summed E-state index contributed by atoms with van der Waals surface area (Å²) in [4.78, 5) is 11.0. The molecular weight excluding hydrogens is 202 g/mol. The van der Waals surface area contributed by atoms with Crippen molar-refractivity contribution >= 4 is 5.91 Å². The van der Waals surface area contributed by atoms with Gasteiger partial charge in [-0.25, -0.2) is 0 Å². The van der Waals surface area contributed by atoms with Crippen LogP contribution >= 0.6 is 0 Å². The smallest absolute Gasteiger partial charge is 0.257 e. The molecule has 0 spiro atoms. The molecule has 1 amide bonds. The summed E-state index contributed by atoms with van der Waals surface area (Å²) in [7, 11) is 1.60. The number of nitrogens with one attached hydrogen (secondary N) is 1. The van der Waals surface area contributed by atoms with Crippen molar-refractivity contribution in [3.8, 4) is 5.75 Å². The first-order valence-corrected chi connectivity index (χ1v) is 5.48. The molecule has 0 radical (unpaired) electrons. The van der Waals surface area contributed by atoms with Gasteiger partial charge in [-0.1, -0.05) is 19.9 Å². The van der Waals surface area contributed by atoms with E-state index in [1.54, 1.807) is 7.05 Å². The van der Waals surface area contributed by atoms with E-state index in [0.717, 1.165) is 5.75 Å². The van der Waals surface area contributed by atoms with Gasteiger partial charge in [0.05, 0.1) is 0 Å². The van der Waals surface area contributed by atoms with Gasteiger partial charge in [0, 0.05) is 7.05 Å². The van der Waals surface area contributed by atoms with Crippen molar-refractivity contribution in [3.63, 3.8) is 0 Å². The van der Waals surface area contributed by atoms with Crippen molar-refractivity contribution in [2.24, 2.45) is 0 Å². The predicted molar refractivity (Wildman–Crippen MR) is 64.8 cm³/mol. The lowest BCUT2D eigenvalue weighted by molar-refractivity contribution is -0.122. The Kier molecular flexibility index (Phi) is 4.35. The molecule has 0 saturated heterocycles. The molecule has 1 N–H and O–H groups in total. The van der Waals surface area contributed by atoms with Crippen LogP contribution in [0.1, 0.15) is 30.9 Å². The van der Waals surface area contributed by atoms with Crippen LogP contribution in [0.2, 0.25) is 0 Å². The van der Waals surface area contributed by atoms with Gasteiger partial charge in [-0.05, 0) is 36.1 Å². The van der Waals surface area contributed by atoms with Crippen LogP contribution in [-0.4, -0.2) is 19.6 Å². The second-order valence-electron chi connectivity index (χ2n) is 4.13. The fraction of sp³-hybridized carbons (Fsp3) is 0.462.